The highest BCUT2D eigenvalue weighted by atomic mass is 19.1. The number of hydrogen-bond donors (Lipinski definition) is 0. The molecule has 1 atom stereocenters. The molecule has 0 aliphatic carbocycles. The lowest BCUT2D eigenvalue weighted by Gasteiger charge is -2.33. The SMILES string of the molecule is Cc1c(C(=O)N2CCC[C@@H](n3ccnc3C)C2)oc2c(F)cccc12. The second-order valence-corrected chi connectivity index (χ2v) is 6.60. The molecule has 4 rings (SSSR count). The summed E-state index contributed by atoms with van der Waals surface area (Å²) in [7, 11) is 0. The first-order chi connectivity index (χ1) is 12.1. The number of imidazole rings is 1. The minimum absolute atomic E-state index is 0.155. The topological polar surface area (TPSA) is 51.3 Å². The van der Waals surface area contributed by atoms with Crippen LogP contribution in [0.3, 0.4) is 0 Å². The molecule has 1 aliphatic heterocycles. The van der Waals surface area contributed by atoms with E-state index in [2.05, 4.69) is 9.55 Å². The number of hydrogen-bond acceptors (Lipinski definition) is 3. The van der Waals surface area contributed by atoms with E-state index >= 15 is 0 Å². The zero-order valence-electron chi connectivity index (χ0n) is 14.3. The fourth-order valence-corrected chi connectivity index (χ4v) is 3.70. The van der Waals surface area contributed by atoms with Crippen LogP contribution >= 0.6 is 0 Å². The second kappa shape index (κ2) is 6.02. The van der Waals surface area contributed by atoms with Crippen molar-refractivity contribution < 1.29 is 13.6 Å². The molecule has 3 aromatic rings. The number of furan rings is 1. The third-order valence-corrected chi connectivity index (χ3v) is 5.05. The van der Waals surface area contributed by atoms with E-state index in [4.69, 9.17) is 4.42 Å². The summed E-state index contributed by atoms with van der Waals surface area (Å²) in [6.07, 6.45) is 5.66. The molecule has 25 heavy (non-hydrogen) atoms. The van der Waals surface area contributed by atoms with Crippen LogP contribution in [0, 0.1) is 19.7 Å². The molecule has 1 aliphatic rings. The van der Waals surface area contributed by atoms with Gasteiger partial charge in [0.25, 0.3) is 5.91 Å². The van der Waals surface area contributed by atoms with Crippen molar-refractivity contribution in [3.8, 4) is 0 Å². The second-order valence-electron chi connectivity index (χ2n) is 6.60. The maximum absolute atomic E-state index is 13.9. The summed E-state index contributed by atoms with van der Waals surface area (Å²) in [5.41, 5.74) is 0.850. The average Bonchev–Trinajstić information content (AvgIpc) is 3.19. The van der Waals surface area contributed by atoms with Crippen LogP contribution in [0.5, 0.6) is 0 Å². The smallest absolute Gasteiger partial charge is 0.289 e. The fourth-order valence-electron chi connectivity index (χ4n) is 3.70. The molecular weight excluding hydrogens is 321 g/mol. The van der Waals surface area contributed by atoms with Crippen molar-refractivity contribution in [2.45, 2.75) is 32.7 Å². The molecule has 6 heteroatoms. The van der Waals surface area contributed by atoms with Crippen LogP contribution in [0.2, 0.25) is 0 Å². The van der Waals surface area contributed by atoms with E-state index in [1.807, 2.05) is 13.1 Å². The molecule has 0 bridgehead atoms. The molecule has 2 aromatic heterocycles. The Morgan fingerprint density at radius 2 is 2.20 bits per heavy atom. The monoisotopic (exact) mass is 341 g/mol. The zero-order chi connectivity index (χ0) is 17.6. The Hall–Kier alpha value is -2.63. The summed E-state index contributed by atoms with van der Waals surface area (Å²) >= 11 is 0. The molecule has 0 spiro atoms. The molecule has 1 amide bonds. The van der Waals surface area contributed by atoms with Crippen molar-refractivity contribution in [1.29, 1.82) is 0 Å². The van der Waals surface area contributed by atoms with Gasteiger partial charge in [-0.3, -0.25) is 4.79 Å². The third kappa shape index (κ3) is 2.62. The fraction of sp³-hybridized carbons (Fsp3) is 0.368. The molecule has 0 N–H and O–H groups in total. The predicted molar refractivity (Wildman–Crippen MR) is 92.0 cm³/mol. The Kier molecular flexibility index (Phi) is 3.82. The summed E-state index contributed by atoms with van der Waals surface area (Å²) < 4.78 is 21.7. The third-order valence-electron chi connectivity index (χ3n) is 5.05. The van der Waals surface area contributed by atoms with Gasteiger partial charge in [-0.1, -0.05) is 12.1 Å². The van der Waals surface area contributed by atoms with Gasteiger partial charge in [0.1, 0.15) is 5.82 Å². The average molecular weight is 341 g/mol. The number of piperidine rings is 1. The van der Waals surface area contributed by atoms with Crippen LogP contribution in [0.1, 0.15) is 40.8 Å². The number of likely N-dealkylation sites (tertiary alicyclic amines) is 1. The van der Waals surface area contributed by atoms with Gasteiger partial charge in [0.2, 0.25) is 0 Å². The van der Waals surface area contributed by atoms with Gasteiger partial charge < -0.3 is 13.9 Å². The van der Waals surface area contributed by atoms with E-state index in [-0.39, 0.29) is 23.3 Å². The highest BCUT2D eigenvalue weighted by Gasteiger charge is 2.29. The first-order valence-corrected chi connectivity index (χ1v) is 8.52. The Morgan fingerprint density at radius 3 is 2.92 bits per heavy atom. The summed E-state index contributed by atoms with van der Waals surface area (Å²) in [6.45, 7) is 5.06. The van der Waals surface area contributed by atoms with Gasteiger partial charge in [0.15, 0.2) is 17.2 Å². The number of aromatic nitrogens is 2. The van der Waals surface area contributed by atoms with Crippen molar-refractivity contribution in [3.05, 3.63) is 53.6 Å². The van der Waals surface area contributed by atoms with E-state index < -0.39 is 5.82 Å². The van der Waals surface area contributed by atoms with E-state index in [1.165, 1.54) is 6.07 Å². The van der Waals surface area contributed by atoms with E-state index in [1.54, 1.807) is 30.2 Å². The molecule has 1 saturated heterocycles. The predicted octanol–water partition coefficient (Wildman–Crippen LogP) is 3.86. The number of amides is 1. The molecule has 0 radical (unpaired) electrons. The molecule has 130 valence electrons. The molecule has 1 aromatic carbocycles. The van der Waals surface area contributed by atoms with Crippen LogP contribution in [-0.4, -0.2) is 33.4 Å². The van der Waals surface area contributed by atoms with E-state index in [0.29, 0.717) is 24.0 Å². The number of carbonyl (C=O) groups is 1. The first kappa shape index (κ1) is 15.9. The maximum Gasteiger partial charge on any atom is 0.289 e. The first-order valence-electron chi connectivity index (χ1n) is 8.52. The molecule has 5 nitrogen and oxygen atoms in total. The van der Waals surface area contributed by atoms with Gasteiger partial charge in [-0.05, 0) is 32.8 Å². The van der Waals surface area contributed by atoms with E-state index in [0.717, 1.165) is 18.7 Å². The zero-order valence-corrected chi connectivity index (χ0v) is 14.3. The summed E-state index contributed by atoms with van der Waals surface area (Å²) in [4.78, 5) is 19.1. The number of carbonyl (C=O) groups excluding carboxylic acids is 1. The molecular formula is C19H20FN3O2. The minimum atomic E-state index is -0.440. The number of rotatable bonds is 2. The summed E-state index contributed by atoms with van der Waals surface area (Å²) in [5, 5.41) is 0.655. The Bertz CT molecular complexity index is 943. The quantitative estimate of drug-likeness (QED) is 0.711. The normalized spacial score (nSPS) is 18.0. The lowest BCUT2D eigenvalue weighted by Crippen LogP contribution is -2.40. The van der Waals surface area contributed by atoms with Crippen LogP contribution in [0.15, 0.2) is 35.0 Å². The van der Waals surface area contributed by atoms with Gasteiger partial charge in [-0.2, -0.15) is 0 Å². The van der Waals surface area contributed by atoms with Crippen molar-refractivity contribution in [1.82, 2.24) is 14.5 Å². The number of aryl methyl sites for hydroxylation is 2. The Balaban J connectivity index is 1.64. The largest absolute Gasteiger partial charge is 0.448 e. The van der Waals surface area contributed by atoms with Crippen molar-refractivity contribution >= 4 is 16.9 Å². The Labute approximate surface area is 145 Å². The van der Waals surface area contributed by atoms with Gasteiger partial charge >= 0.3 is 0 Å². The van der Waals surface area contributed by atoms with Gasteiger partial charge in [-0.25, -0.2) is 9.37 Å². The Morgan fingerprint density at radius 1 is 1.36 bits per heavy atom. The molecule has 0 saturated carbocycles. The molecule has 0 unspecified atom stereocenters. The van der Waals surface area contributed by atoms with E-state index in [9.17, 15) is 9.18 Å². The van der Waals surface area contributed by atoms with Gasteiger partial charge in [0.05, 0.1) is 6.04 Å². The van der Waals surface area contributed by atoms with Crippen molar-refractivity contribution in [2.75, 3.05) is 13.1 Å². The minimum Gasteiger partial charge on any atom is -0.448 e. The number of benzene rings is 1. The maximum atomic E-state index is 13.9. The number of nitrogens with zero attached hydrogens (tertiary/aromatic N) is 3. The van der Waals surface area contributed by atoms with Crippen molar-refractivity contribution in [3.63, 3.8) is 0 Å². The lowest BCUT2D eigenvalue weighted by molar-refractivity contribution is 0.0647. The number of para-hydroxylation sites is 1. The number of halogens is 1. The summed E-state index contributed by atoms with van der Waals surface area (Å²) in [5.74, 6) is 0.574. The highest BCUT2D eigenvalue weighted by molar-refractivity contribution is 5.99. The standard InChI is InChI=1S/C19H20FN3O2/c1-12-15-6-3-7-16(20)18(15)25-17(12)19(24)22-9-4-5-14(11-22)23-10-8-21-13(23)2/h3,6-8,10,14H,4-5,9,11H2,1-2H3/t14-/m1/s1. The van der Waals surface area contributed by atoms with Crippen LogP contribution in [0.25, 0.3) is 11.0 Å². The molecule has 1 fully saturated rings. The highest BCUT2D eigenvalue weighted by Crippen LogP contribution is 2.30. The lowest BCUT2D eigenvalue weighted by atomic mass is 10.0. The van der Waals surface area contributed by atoms with Gasteiger partial charge in [-0.15, -0.1) is 0 Å². The summed E-state index contributed by atoms with van der Waals surface area (Å²) in [6, 6.07) is 4.97. The van der Waals surface area contributed by atoms with Gasteiger partial charge in [0, 0.05) is 36.4 Å². The van der Waals surface area contributed by atoms with Crippen LogP contribution < -0.4 is 0 Å². The van der Waals surface area contributed by atoms with Crippen LogP contribution in [-0.2, 0) is 0 Å². The van der Waals surface area contributed by atoms with Crippen LogP contribution in [0.4, 0.5) is 4.39 Å². The molecule has 3 heterocycles. The number of fused-ring (bicyclic) bond motifs is 1. The van der Waals surface area contributed by atoms with Crippen molar-refractivity contribution in [2.24, 2.45) is 0 Å².